The number of rotatable bonds is 6. The van der Waals surface area contributed by atoms with Gasteiger partial charge in [0.05, 0.1) is 6.10 Å². The second-order valence-corrected chi connectivity index (χ2v) is 3.57. The molecule has 0 aliphatic carbocycles. The van der Waals surface area contributed by atoms with Crippen LogP contribution in [0.3, 0.4) is 0 Å². The molecule has 0 amide bonds. The van der Waals surface area contributed by atoms with E-state index in [0.29, 0.717) is 0 Å². The minimum atomic E-state index is -0.233. The predicted molar refractivity (Wildman–Crippen MR) is 62.0 cm³/mol. The first-order valence-corrected chi connectivity index (χ1v) is 5.56. The highest BCUT2D eigenvalue weighted by molar-refractivity contribution is 5.04. The molecule has 0 aromatic carbocycles. The number of allylic oxidation sites excluding steroid dienone is 1. The summed E-state index contributed by atoms with van der Waals surface area (Å²) in [5.41, 5.74) is 0. The monoisotopic (exact) mass is 194 g/mol. The molecule has 0 fully saturated rings. The van der Waals surface area contributed by atoms with Gasteiger partial charge in [0.1, 0.15) is 0 Å². The lowest BCUT2D eigenvalue weighted by Crippen LogP contribution is -1.94. The highest BCUT2D eigenvalue weighted by Crippen LogP contribution is 1.97. The molecule has 0 aliphatic heterocycles. The van der Waals surface area contributed by atoms with Crippen molar-refractivity contribution in [2.45, 2.75) is 58.5 Å². The fourth-order valence-corrected chi connectivity index (χ4v) is 1.06. The molecule has 1 N–H and O–H groups in total. The molecule has 0 aliphatic rings. The van der Waals surface area contributed by atoms with Gasteiger partial charge in [-0.05, 0) is 19.8 Å². The number of hydrogen-bond acceptors (Lipinski definition) is 1. The van der Waals surface area contributed by atoms with Gasteiger partial charge in [0, 0.05) is 12.8 Å². The zero-order valence-corrected chi connectivity index (χ0v) is 9.42. The van der Waals surface area contributed by atoms with E-state index in [1.54, 1.807) is 6.92 Å². The van der Waals surface area contributed by atoms with E-state index in [9.17, 15) is 0 Å². The quantitative estimate of drug-likeness (QED) is 0.391. The molecule has 0 bridgehead atoms. The molecule has 80 valence electrons. The van der Waals surface area contributed by atoms with E-state index >= 15 is 0 Å². The molecule has 0 aromatic heterocycles. The molecule has 1 atom stereocenters. The fourth-order valence-electron chi connectivity index (χ4n) is 1.06. The van der Waals surface area contributed by atoms with Gasteiger partial charge in [-0.15, -0.1) is 5.92 Å². The van der Waals surface area contributed by atoms with Gasteiger partial charge in [0.25, 0.3) is 0 Å². The molecule has 0 saturated carbocycles. The van der Waals surface area contributed by atoms with E-state index in [0.717, 1.165) is 19.3 Å². The van der Waals surface area contributed by atoms with Crippen LogP contribution in [0.15, 0.2) is 12.2 Å². The number of aliphatic hydroxyl groups excluding tert-OH is 1. The van der Waals surface area contributed by atoms with Crippen LogP contribution in [0.5, 0.6) is 0 Å². The molecule has 1 heteroatoms. The topological polar surface area (TPSA) is 20.2 Å². The lowest BCUT2D eigenvalue weighted by atomic mass is 10.2. The molecule has 0 rings (SSSR count). The van der Waals surface area contributed by atoms with Crippen molar-refractivity contribution >= 4 is 0 Å². The van der Waals surface area contributed by atoms with E-state index in [-0.39, 0.29) is 6.10 Å². The molecule has 0 heterocycles. The maximum absolute atomic E-state index is 8.96. The Morgan fingerprint density at radius 1 is 1.21 bits per heavy atom. The Bertz CT molecular complexity index is 193. The first kappa shape index (κ1) is 13.3. The first-order valence-electron chi connectivity index (χ1n) is 5.56. The standard InChI is InChI=1S/C13H22O/c1-3-4-5-6-7-8-9-10-11-12-13(2)14/h10-11,13-14H,3-6,9,12H2,1-2H3/b11-10+. The summed E-state index contributed by atoms with van der Waals surface area (Å²) >= 11 is 0. The summed E-state index contributed by atoms with van der Waals surface area (Å²) in [5, 5.41) is 8.96. The molecule has 14 heavy (non-hydrogen) atoms. The number of aliphatic hydroxyl groups is 1. The summed E-state index contributed by atoms with van der Waals surface area (Å²) in [5.74, 6) is 6.24. The minimum absolute atomic E-state index is 0.233. The average Bonchev–Trinajstić information content (AvgIpc) is 2.15. The van der Waals surface area contributed by atoms with E-state index in [2.05, 4.69) is 18.8 Å². The van der Waals surface area contributed by atoms with Crippen LogP contribution in [0.1, 0.15) is 52.4 Å². The Morgan fingerprint density at radius 2 is 2.00 bits per heavy atom. The second-order valence-electron chi connectivity index (χ2n) is 3.57. The van der Waals surface area contributed by atoms with Gasteiger partial charge in [-0.25, -0.2) is 0 Å². The van der Waals surface area contributed by atoms with Crippen molar-refractivity contribution in [1.29, 1.82) is 0 Å². The summed E-state index contributed by atoms with van der Waals surface area (Å²) < 4.78 is 0. The Balaban J connectivity index is 3.29. The maximum Gasteiger partial charge on any atom is 0.0546 e. The molecule has 0 aromatic rings. The Labute approximate surface area is 88.2 Å². The van der Waals surface area contributed by atoms with E-state index < -0.39 is 0 Å². The van der Waals surface area contributed by atoms with Crippen LogP contribution in [-0.2, 0) is 0 Å². The van der Waals surface area contributed by atoms with Crippen molar-refractivity contribution in [3.63, 3.8) is 0 Å². The van der Waals surface area contributed by atoms with Crippen LogP contribution < -0.4 is 0 Å². The third-order valence-corrected chi connectivity index (χ3v) is 1.89. The second kappa shape index (κ2) is 10.3. The van der Waals surface area contributed by atoms with Crippen LogP contribution in [0, 0.1) is 11.8 Å². The van der Waals surface area contributed by atoms with Crippen molar-refractivity contribution in [3.05, 3.63) is 12.2 Å². The van der Waals surface area contributed by atoms with Crippen LogP contribution >= 0.6 is 0 Å². The van der Waals surface area contributed by atoms with Crippen LogP contribution in [-0.4, -0.2) is 11.2 Å². The number of unbranched alkanes of at least 4 members (excludes halogenated alkanes) is 3. The zero-order valence-electron chi connectivity index (χ0n) is 9.42. The van der Waals surface area contributed by atoms with Gasteiger partial charge in [0.2, 0.25) is 0 Å². The van der Waals surface area contributed by atoms with Gasteiger partial charge in [-0.1, -0.05) is 37.8 Å². The SMILES string of the molecule is CCCCCC#CC/C=C/CC(C)O. The first-order chi connectivity index (χ1) is 6.77. The van der Waals surface area contributed by atoms with Crippen molar-refractivity contribution in [1.82, 2.24) is 0 Å². The molecule has 0 spiro atoms. The van der Waals surface area contributed by atoms with Gasteiger partial charge in [-0.3, -0.25) is 0 Å². The molecular weight excluding hydrogens is 172 g/mol. The Morgan fingerprint density at radius 3 is 2.64 bits per heavy atom. The summed E-state index contributed by atoms with van der Waals surface area (Å²) in [4.78, 5) is 0. The van der Waals surface area contributed by atoms with E-state index in [1.165, 1.54) is 19.3 Å². The molecule has 0 saturated heterocycles. The molecule has 1 nitrogen and oxygen atoms in total. The largest absolute Gasteiger partial charge is 0.393 e. The minimum Gasteiger partial charge on any atom is -0.393 e. The van der Waals surface area contributed by atoms with Crippen LogP contribution in [0.4, 0.5) is 0 Å². The van der Waals surface area contributed by atoms with Gasteiger partial charge >= 0.3 is 0 Å². The smallest absolute Gasteiger partial charge is 0.0546 e. The van der Waals surface area contributed by atoms with Crippen molar-refractivity contribution < 1.29 is 5.11 Å². The van der Waals surface area contributed by atoms with Crippen LogP contribution in [0.2, 0.25) is 0 Å². The van der Waals surface area contributed by atoms with Gasteiger partial charge in [0.15, 0.2) is 0 Å². The summed E-state index contributed by atoms with van der Waals surface area (Å²) in [6.07, 6.45) is 10.1. The third-order valence-electron chi connectivity index (χ3n) is 1.89. The highest BCUT2D eigenvalue weighted by atomic mass is 16.3. The lowest BCUT2D eigenvalue weighted by molar-refractivity contribution is 0.198. The summed E-state index contributed by atoms with van der Waals surface area (Å²) in [6.45, 7) is 3.99. The Hall–Kier alpha value is -0.740. The summed E-state index contributed by atoms with van der Waals surface area (Å²) in [7, 11) is 0. The average molecular weight is 194 g/mol. The van der Waals surface area contributed by atoms with E-state index in [4.69, 9.17) is 5.11 Å². The Kier molecular flexibility index (Phi) is 9.79. The molecular formula is C13H22O. The van der Waals surface area contributed by atoms with Crippen molar-refractivity contribution in [2.24, 2.45) is 0 Å². The fraction of sp³-hybridized carbons (Fsp3) is 0.692. The van der Waals surface area contributed by atoms with Gasteiger partial charge < -0.3 is 5.11 Å². The molecule has 0 radical (unpaired) electrons. The third kappa shape index (κ3) is 11.3. The van der Waals surface area contributed by atoms with Crippen LogP contribution in [0.25, 0.3) is 0 Å². The predicted octanol–water partition coefficient (Wildman–Crippen LogP) is 3.29. The zero-order chi connectivity index (χ0) is 10.6. The highest BCUT2D eigenvalue weighted by Gasteiger charge is 1.87. The summed E-state index contributed by atoms with van der Waals surface area (Å²) in [6, 6.07) is 0. The van der Waals surface area contributed by atoms with E-state index in [1.807, 2.05) is 12.2 Å². The maximum atomic E-state index is 8.96. The lowest BCUT2D eigenvalue weighted by Gasteiger charge is -1.94. The normalized spacial score (nSPS) is 12.5. The number of hydrogen-bond donors (Lipinski definition) is 1. The van der Waals surface area contributed by atoms with Gasteiger partial charge in [-0.2, -0.15) is 0 Å². The van der Waals surface area contributed by atoms with Crippen molar-refractivity contribution in [3.8, 4) is 11.8 Å². The molecule has 1 unspecified atom stereocenters. The van der Waals surface area contributed by atoms with Crippen molar-refractivity contribution in [2.75, 3.05) is 0 Å².